The molecule has 0 saturated carbocycles. The van der Waals surface area contributed by atoms with Gasteiger partial charge in [0.15, 0.2) is 11.2 Å². The quantitative estimate of drug-likeness (QED) is 0.160. The summed E-state index contributed by atoms with van der Waals surface area (Å²) in [4.78, 5) is 16.6. The summed E-state index contributed by atoms with van der Waals surface area (Å²) in [6, 6.07) is 59.4. The van der Waals surface area contributed by atoms with E-state index in [9.17, 15) is 1.37 Å². The van der Waals surface area contributed by atoms with E-state index in [0.717, 1.165) is 94.1 Å². The Morgan fingerprint density at radius 3 is 1.64 bits per heavy atom. The summed E-state index contributed by atoms with van der Waals surface area (Å²) in [5.41, 5.74) is 11.6. The van der Waals surface area contributed by atoms with Gasteiger partial charge in [-0.05, 0) is 119 Å². The zero-order chi connectivity index (χ0) is 37.2. The van der Waals surface area contributed by atoms with E-state index in [-0.39, 0.29) is 0 Å². The van der Waals surface area contributed by atoms with Gasteiger partial charge in [-0.25, -0.2) is 15.0 Å². The number of rotatable bonds is 6. The summed E-state index contributed by atoms with van der Waals surface area (Å²) in [5.74, 6) is 1.13. The van der Waals surface area contributed by atoms with Crippen LogP contribution in [0, 0.1) is 0 Å². The number of anilines is 3. The van der Waals surface area contributed by atoms with Crippen LogP contribution in [-0.4, -0.2) is 15.0 Å². The highest BCUT2D eigenvalue weighted by Crippen LogP contribution is 2.39. The molecule has 55 heavy (non-hydrogen) atoms. The third-order valence-corrected chi connectivity index (χ3v) is 10.2. The van der Waals surface area contributed by atoms with Crippen molar-refractivity contribution in [2.45, 2.75) is 0 Å². The van der Waals surface area contributed by atoms with Crippen LogP contribution in [0.4, 0.5) is 17.1 Å². The lowest BCUT2D eigenvalue weighted by molar-refractivity contribution is 0.619. The van der Waals surface area contributed by atoms with Crippen molar-refractivity contribution >= 4 is 71.8 Å². The topological polar surface area (TPSA) is 68.2 Å². The number of benzene rings is 8. The highest BCUT2D eigenvalue weighted by atomic mass is 16.4. The number of oxazole rings is 2. The molecule has 0 unspecified atom stereocenters. The fourth-order valence-corrected chi connectivity index (χ4v) is 7.44. The van der Waals surface area contributed by atoms with Crippen molar-refractivity contribution in [1.29, 1.82) is 0 Å². The predicted molar refractivity (Wildman–Crippen MR) is 223 cm³/mol. The fraction of sp³-hybridized carbons (Fsp3) is 0. The molecule has 11 rings (SSSR count). The average Bonchev–Trinajstić information content (AvgIpc) is 3.89. The Morgan fingerprint density at radius 2 is 0.982 bits per heavy atom. The first-order valence-corrected chi connectivity index (χ1v) is 18.2. The molecule has 0 spiro atoms. The van der Waals surface area contributed by atoms with Gasteiger partial charge in [-0.1, -0.05) is 78.8 Å². The van der Waals surface area contributed by atoms with Crippen molar-refractivity contribution in [3.8, 4) is 34.0 Å². The maximum absolute atomic E-state index is 9.37. The van der Waals surface area contributed by atoms with Gasteiger partial charge in [0.25, 0.3) is 0 Å². The lowest BCUT2D eigenvalue weighted by Crippen LogP contribution is -2.09. The van der Waals surface area contributed by atoms with E-state index in [1.807, 2.05) is 97.1 Å². The molecular formula is C49H30N4O2. The average molecular weight is 708 g/mol. The molecule has 0 fully saturated rings. The molecule has 0 amide bonds. The Kier molecular flexibility index (Phi) is 6.83. The SMILES string of the molecule is [2H]c1cc(N(c2ccc(-c3nc4ccccc4o3)cc2)c2ccc(-c3nc4ccccc4o3)cc2)cc2ccc(-c3cccc4cc5ccccc5nc34)cc12. The van der Waals surface area contributed by atoms with Gasteiger partial charge in [-0.2, -0.15) is 0 Å². The Hall–Kier alpha value is -7.57. The first-order chi connectivity index (χ1) is 27.6. The Labute approximate surface area is 317 Å². The van der Waals surface area contributed by atoms with Gasteiger partial charge in [0.2, 0.25) is 11.8 Å². The molecule has 258 valence electrons. The summed E-state index contributed by atoms with van der Waals surface area (Å²) in [6.45, 7) is 0. The van der Waals surface area contributed by atoms with E-state index in [2.05, 4.69) is 83.8 Å². The molecule has 11 aromatic rings. The second-order valence-corrected chi connectivity index (χ2v) is 13.6. The number of para-hydroxylation sites is 6. The highest BCUT2D eigenvalue weighted by molar-refractivity contribution is 6.02. The van der Waals surface area contributed by atoms with Crippen LogP contribution in [0.2, 0.25) is 0 Å². The van der Waals surface area contributed by atoms with Crippen molar-refractivity contribution in [2.24, 2.45) is 0 Å². The molecule has 0 saturated heterocycles. The van der Waals surface area contributed by atoms with E-state index in [4.69, 9.17) is 23.8 Å². The fourth-order valence-electron chi connectivity index (χ4n) is 7.44. The number of fused-ring (bicyclic) bond motifs is 5. The van der Waals surface area contributed by atoms with Crippen molar-refractivity contribution in [3.05, 3.63) is 182 Å². The van der Waals surface area contributed by atoms with Crippen molar-refractivity contribution in [1.82, 2.24) is 15.0 Å². The molecule has 8 aromatic carbocycles. The minimum Gasteiger partial charge on any atom is -0.436 e. The van der Waals surface area contributed by atoms with Crippen LogP contribution >= 0.6 is 0 Å². The molecular weight excluding hydrogens is 677 g/mol. The summed E-state index contributed by atoms with van der Waals surface area (Å²) in [6.07, 6.45) is 0. The number of aromatic nitrogens is 3. The first-order valence-electron chi connectivity index (χ1n) is 18.7. The lowest BCUT2D eigenvalue weighted by atomic mass is 9.98. The number of hydrogen-bond acceptors (Lipinski definition) is 6. The van der Waals surface area contributed by atoms with Gasteiger partial charge in [0.05, 0.1) is 12.4 Å². The van der Waals surface area contributed by atoms with Gasteiger partial charge in [-0.3, -0.25) is 0 Å². The van der Waals surface area contributed by atoms with Crippen LogP contribution < -0.4 is 4.90 Å². The molecule has 3 aromatic heterocycles. The molecule has 3 heterocycles. The van der Waals surface area contributed by atoms with Crippen LogP contribution in [0.25, 0.3) is 88.8 Å². The van der Waals surface area contributed by atoms with Crippen LogP contribution in [0.5, 0.6) is 0 Å². The second-order valence-electron chi connectivity index (χ2n) is 13.6. The number of hydrogen-bond donors (Lipinski definition) is 0. The smallest absolute Gasteiger partial charge is 0.227 e. The zero-order valence-corrected chi connectivity index (χ0v) is 29.3. The molecule has 6 nitrogen and oxygen atoms in total. The summed E-state index contributed by atoms with van der Waals surface area (Å²) in [7, 11) is 0. The van der Waals surface area contributed by atoms with Crippen molar-refractivity contribution in [2.75, 3.05) is 4.90 Å². The van der Waals surface area contributed by atoms with E-state index >= 15 is 0 Å². The van der Waals surface area contributed by atoms with E-state index in [1.54, 1.807) is 0 Å². The molecule has 0 N–H and O–H groups in total. The second kappa shape index (κ2) is 12.5. The molecule has 0 aliphatic heterocycles. The molecule has 0 atom stereocenters. The monoisotopic (exact) mass is 707 g/mol. The first kappa shape index (κ1) is 29.9. The minimum absolute atomic E-state index is 0.425. The highest BCUT2D eigenvalue weighted by Gasteiger charge is 2.17. The number of nitrogens with zero attached hydrogens (tertiary/aromatic N) is 4. The molecule has 6 heteroatoms. The van der Waals surface area contributed by atoms with Gasteiger partial charge in [-0.15, -0.1) is 0 Å². The van der Waals surface area contributed by atoms with Gasteiger partial charge in [0, 0.05) is 44.5 Å². The largest absolute Gasteiger partial charge is 0.436 e. The Bertz CT molecular complexity index is 3090. The van der Waals surface area contributed by atoms with Gasteiger partial charge < -0.3 is 13.7 Å². The van der Waals surface area contributed by atoms with Crippen LogP contribution in [0.1, 0.15) is 1.37 Å². The maximum atomic E-state index is 9.37. The van der Waals surface area contributed by atoms with Crippen LogP contribution in [0.3, 0.4) is 0 Å². The van der Waals surface area contributed by atoms with E-state index in [1.165, 1.54) is 0 Å². The maximum Gasteiger partial charge on any atom is 0.227 e. The molecule has 0 aliphatic rings. The lowest BCUT2D eigenvalue weighted by Gasteiger charge is -2.26. The number of pyridine rings is 1. The van der Waals surface area contributed by atoms with Gasteiger partial charge >= 0.3 is 0 Å². The van der Waals surface area contributed by atoms with Crippen molar-refractivity contribution in [3.63, 3.8) is 0 Å². The molecule has 0 aliphatic carbocycles. The molecule has 0 radical (unpaired) electrons. The van der Waals surface area contributed by atoms with Crippen LogP contribution in [-0.2, 0) is 0 Å². The summed E-state index contributed by atoms with van der Waals surface area (Å²) in [5, 5.41) is 4.03. The minimum atomic E-state index is 0.425. The third kappa shape index (κ3) is 5.47. The van der Waals surface area contributed by atoms with Gasteiger partial charge in [0.1, 0.15) is 11.0 Å². The summed E-state index contributed by atoms with van der Waals surface area (Å²) < 4.78 is 21.5. The Morgan fingerprint density at radius 1 is 0.400 bits per heavy atom. The normalized spacial score (nSPS) is 11.9. The zero-order valence-electron chi connectivity index (χ0n) is 30.3. The van der Waals surface area contributed by atoms with Crippen molar-refractivity contribution < 1.29 is 10.2 Å². The standard InChI is InChI=1S/C49H30N4O2/c1-2-11-42-36(8-1)29-37-9-7-10-41(47(37)50-42)35-17-16-34-30-40(27-22-33(34)28-35)53(38-23-18-31(19-24-38)48-51-43-12-3-5-14-45(43)54-48)39-25-20-32(21-26-39)49-52-44-13-4-6-15-46(44)55-49/h1-30H/i22D. The molecule has 0 bridgehead atoms. The van der Waals surface area contributed by atoms with Crippen LogP contribution in [0.15, 0.2) is 191 Å². The Balaban J connectivity index is 1.01. The third-order valence-electron chi connectivity index (χ3n) is 10.2. The van der Waals surface area contributed by atoms with E-state index < -0.39 is 0 Å². The summed E-state index contributed by atoms with van der Waals surface area (Å²) >= 11 is 0. The predicted octanol–water partition coefficient (Wildman–Crippen LogP) is 13.3. The van der Waals surface area contributed by atoms with E-state index in [0.29, 0.717) is 17.8 Å².